The lowest BCUT2D eigenvalue weighted by molar-refractivity contribution is -0.00496. The molecular formula is C21H24Cl2N2O2. The van der Waals surface area contributed by atoms with Gasteiger partial charge in [-0.15, -0.1) is 0 Å². The second kappa shape index (κ2) is 7.40. The Bertz CT molecular complexity index is 813. The highest BCUT2D eigenvalue weighted by Gasteiger charge is 2.36. The van der Waals surface area contributed by atoms with Crippen molar-refractivity contribution in [1.82, 2.24) is 10.5 Å². The summed E-state index contributed by atoms with van der Waals surface area (Å²) in [5, 5.41) is 9.06. The van der Waals surface area contributed by atoms with E-state index in [4.69, 9.17) is 32.5 Å². The number of aromatic nitrogens is 1. The van der Waals surface area contributed by atoms with Crippen LogP contribution >= 0.6 is 23.2 Å². The van der Waals surface area contributed by atoms with E-state index in [0.29, 0.717) is 28.7 Å². The third-order valence-electron chi connectivity index (χ3n) is 6.33. The summed E-state index contributed by atoms with van der Waals surface area (Å²) in [6, 6.07) is 5.53. The van der Waals surface area contributed by atoms with E-state index in [1.165, 1.54) is 13.0 Å². The van der Waals surface area contributed by atoms with E-state index in [1.54, 1.807) is 0 Å². The molecule has 4 nitrogen and oxygen atoms in total. The molecule has 0 amide bonds. The van der Waals surface area contributed by atoms with E-state index < -0.39 is 0 Å². The van der Waals surface area contributed by atoms with Crippen molar-refractivity contribution in [1.29, 1.82) is 0 Å². The van der Waals surface area contributed by atoms with Gasteiger partial charge in [0.1, 0.15) is 11.5 Å². The lowest BCUT2D eigenvalue weighted by Gasteiger charge is -2.31. The Kier molecular flexibility index (Phi) is 4.93. The number of nitrogens with one attached hydrogen (secondary N) is 1. The van der Waals surface area contributed by atoms with Crippen molar-refractivity contribution in [3.05, 3.63) is 39.6 Å². The normalized spacial score (nSPS) is 27.7. The average molecular weight is 407 g/mol. The maximum Gasteiger partial charge on any atom is 0.145 e. The van der Waals surface area contributed by atoms with Crippen molar-refractivity contribution in [3.8, 4) is 11.3 Å². The van der Waals surface area contributed by atoms with Gasteiger partial charge in [0.05, 0.1) is 22.8 Å². The Morgan fingerprint density at radius 3 is 2.63 bits per heavy atom. The summed E-state index contributed by atoms with van der Waals surface area (Å²) < 4.78 is 12.1. The quantitative estimate of drug-likeness (QED) is 0.718. The second-order valence-electron chi connectivity index (χ2n) is 8.17. The molecule has 0 unspecified atom stereocenters. The molecule has 1 saturated heterocycles. The number of benzene rings is 1. The van der Waals surface area contributed by atoms with Crippen molar-refractivity contribution in [2.24, 2.45) is 11.8 Å². The van der Waals surface area contributed by atoms with Gasteiger partial charge in [0.15, 0.2) is 0 Å². The van der Waals surface area contributed by atoms with Gasteiger partial charge >= 0.3 is 0 Å². The van der Waals surface area contributed by atoms with Gasteiger partial charge < -0.3 is 14.6 Å². The van der Waals surface area contributed by atoms with Crippen LogP contribution < -0.4 is 5.32 Å². The van der Waals surface area contributed by atoms with Crippen molar-refractivity contribution in [3.63, 3.8) is 0 Å². The Morgan fingerprint density at radius 2 is 1.85 bits per heavy atom. The van der Waals surface area contributed by atoms with Gasteiger partial charge in [0.25, 0.3) is 0 Å². The fourth-order valence-corrected chi connectivity index (χ4v) is 5.23. The lowest BCUT2D eigenvalue weighted by Crippen LogP contribution is -2.28. The summed E-state index contributed by atoms with van der Waals surface area (Å²) in [4.78, 5) is 0. The van der Waals surface area contributed by atoms with Crippen LogP contribution in [0.5, 0.6) is 0 Å². The van der Waals surface area contributed by atoms with Crippen molar-refractivity contribution < 1.29 is 9.26 Å². The van der Waals surface area contributed by atoms with E-state index >= 15 is 0 Å². The number of ether oxygens (including phenoxy) is 1. The van der Waals surface area contributed by atoms with E-state index in [2.05, 4.69) is 10.5 Å². The Balaban J connectivity index is 1.39. The second-order valence-corrected chi connectivity index (χ2v) is 8.98. The fraction of sp³-hybridized carbons (Fsp3) is 0.571. The van der Waals surface area contributed by atoms with Gasteiger partial charge in [-0.2, -0.15) is 0 Å². The van der Waals surface area contributed by atoms with Crippen LogP contribution in [-0.2, 0) is 11.3 Å². The van der Waals surface area contributed by atoms with Crippen LogP contribution in [0.2, 0.25) is 10.0 Å². The number of rotatable bonds is 5. The average Bonchev–Trinajstić information content (AvgIpc) is 3.25. The first-order chi connectivity index (χ1) is 13.2. The van der Waals surface area contributed by atoms with Crippen molar-refractivity contribution in [2.45, 2.75) is 50.7 Å². The minimum atomic E-state index is 0.308. The number of hydrogen-bond donors (Lipinski definition) is 1. The summed E-state index contributed by atoms with van der Waals surface area (Å²) in [5.41, 5.74) is 2.52. The topological polar surface area (TPSA) is 47.3 Å². The Labute approximate surface area is 169 Å². The van der Waals surface area contributed by atoms with E-state index in [1.807, 2.05) is 18.2 Å². The van der Waals surface area contributed by atoms with E-state index in [-0.39, 0.29) is 0 Å². The van der Waals surface area contributed by atoms with Crippen LogP contribution in [0, 0.1) is 11.8 Å². The molecule has 3 aliphatic rings. The molecule has 1 aromatic heterocycles. The van der Waals surface area contributed by atoms with Gasteiger partial charge in [0.2, 0.25) is 0 Å². The highest BCUT2D eigenvalue weighted by molar-refractivity contribution is 6.39. The van der Waals surface area contributed by atoms with Crippen LogP contribution in [-0.4, -0.2) is 24.4 Å². The molecule has 0 bridgehead atoms. The molecule has 3 fully saturated rings. The molecule has 1 N–H and O–H groups in total. The number of nitrogens with zero attached hydrogens (tertiary/aromatic N) is 1. The molecule has 2 aliphatic carbocycles. The molecule has 2 aromatic rings. The van der Waals surface area contributed by atoms with Crippen molar-refractivity contribution in [2.75, 3.05) is 13.1 Å². The number of halogens is 2. The first kappa shape index (κ1) is 18.0. The molecule has 144 valence electrons. The first-order valence-corrected chi connectivity index (χ1v) is 10.7. The maximum absolute atomic E-state index is 6.44. The molecule has 2 saturated carbocycles. The third kappa shape index (κ3) is 3.53. The molecule has 5 rings (SSSR count). The van der Waals surface area contributed by atoms with Gasteiger partial charge in [0, 0.05) is 17.0 Å². The van der Waals surface area contributed by atoms with Crippen LogP contribution in [0.4, 0.5) is 0 Å². The van der Waals surface area contributed by atoms with Gasteiger partial charge in [-0.1, -0.05) is 34.4 Å². The number of hydrogen-bond acceptors (Lipinski definition) is 4. The zero-order valence-corrected chi connectivity index (χ0v) is 16.7. The van der Waals surface area contributed by atoms with Crippen molar-refractivity contribution >= 4 is 23.2 Å². The molecule has 0 radical (unpaired) electrons. The highest BCUT2D eigenvalue weighted by Crippen LogP contribution is 2.46. The first-order valence-electron chi connectivity index (χ1n) is 9.96. The van der Waals surface area contributed by atoms with Crippen LogP contribution in [0.3, 0.4) is 0 Å². The predicted octanol–water partition coefficient (Wildman–Crippen LogP) is 5.43. The molecular weight excluding hydrogens is 383 g/mol. The summed E-state index contributed by atoms with van der Waals surface area (Å²) in [5.74, 6) is 3.00. The van der Waals surface area contributed by atoms with E-state index in [9.17, 15) is 0 Å². The summed E-state index contributed by atoms with van der Waals surface area (Å²) in [7, 11) is 0. The zero-order chi connectivity index (χ0) is 18.4. The third-order valence-corrected chi connectivity index (χ3v) is 6.96. The summed E-state index contributed by atoms with van der Waals surface area (Å²) >= 11 is 12.9. The smallest absolute Gasteiger partial charge is 0.145 e. The summed E-state index contributed by atoms with van der Waals surface area (Å²) in [6.45, 7) is 2.82. The maximum atomic E-state index is 6.44. The molecule has 1 aliphatic heterocycles. The highest BCUT2D eigenvalue weighted by atomic mass is 35.5. The lowest BCUT2D eigenvalue weighted by atomic mass is 9.80. The SMILES string of the molecule is Clc1cccc(Cl)c1-c1noc(C2CC2)c1CO[C@@H]1CC[C@H]2CNC[C@H]2C1. The number of fused-ring (bicyclic) bond motifs is 1. The standard InChI is InChI=1S/C21H24Cl2N2O2/c22-17-2-1-3-18(23)19(17)20-16(21(27-25-20)12-4-5-12)11-26-15-7-6-13-9-24-10-14(13)8-15/h1-3,12-15,24H,4-11H2/t13-,14+,15+/m0/s1. The van der Waals surface area contributed by atoms with Crippen LogP contribution in [0.1, 0.15) is 49.3 Å². The van der Waals surface area contributed by atoms with Gasteiger partial charge in [-0.3, -0.25) is 0 Å². The Hall–Kier alpha value is -1.07. The molecule has 3 atom stereocenters. The minimum Gasteiger partial charge on any atom is -0.373 e. The van der Waals surface area contributed by atoms with Gasteiger partial charge in [-0.25, -0.2) is 0 Å². The molecule has 27 heavy (non-hydrogen) atoms. The fourth-order valence-electron chi connectivity index (χ4n) is 4.66. The largest absolute Gasteiger partial charge is 0.373 e. The predicted molar refractivity (Wildman–Crippen MR) is 106 cm³/mol. The van der Waals surface area contributed by atoms with E-state index in [0.717, 1.165) is 66.6 Å². The summed E-state index contributed by atoms with van der Waals surface area (Å²) in [6.07, 6.45) is 6.14. The monoisotopic (exact) mass is 406 g/mol. The zero-order valence-electron chi connectivity index (χ0n) is 15.2. The van der Waals surface area contributed by atoms with Crippen LogP contribution in [0.25, 0.3) is 11.3 Å². The van der Waals surface area contributed by atoms with Gasteiger partial charge in [-0.05, 0) is 69.2 Å². The molecule has 6 heteroatoms. The Morgan fingerprint density at radius 1 is 1.07 bits per heavy atom. The molecule has 1 aromatic carbocycles. The molecule has 2 heterocycles. The minimum absolute atomic E-state index is 0.308. The molecule has 0 spiro atoms. The van der Waals surface area contributed by atoms with Crippen LogP contribution in [0.15, 0.2) is 22.7 Å².